The molecule has 8 nitrogen and oxygen atoms in total. The molecule has 192 valence electrons. The highest BCUT2D eigenvalue weighted by molar-refractivity contribution is 7.90. The second kappa shape index (κ2) is 10.1. The maximum absolute atomic E-state index is 13.8. The van der Waals surface area contributed by atoms with Crippen molar-refractivity contribution in [3.05, 3.63) is 77.1 Å². The third kappa shape index (κ3) is 5.01. The number of halogens is 2. The van der Waals surface area contributed by atoms with E-state index in [0.29, 0.717) is 40.6 Å². The molecule has 0 aliphatic carbocycles. The number of hydrogen-bond acceptors (Lipinski definition) is 6. The first-order valence-corrected chi connectivity index (χ1v) is 13.4. The van der Waals surface area contributed by atoms with Gasteiger partial charge in [0.25, 0.3) is 5.91 Å². The van der Waals surface area contributed by atoms with Gasteiger partial charge in [0.2, 0.25) is 11.9 Å². The molecule has 0 saturated carbocycles. The summed E-state index contributed by atoms with van der Waals surface area (Å²) in [5.74, 6) is -1.54. The van der Waals surface area contributed by atoms with Crippen LogP contribution in [0.1, 0.15) is 48.5 Å². The van der Waals surface area contributed by atoms with Gasteiger partial charge in [-0.1, -0.05) is 6.07 Å². The summed E-state index contributed by atoms with van der Waals surface area (Å²) in [6, 6.07) is 7.60. The minimum Gasteiger partial charge on any atom is -0.612 e. The highest BCUT2D eigenvalue weighted by Crippen LogP contribution is 2.37. The van der Waals surface area contributed by atoms with Gasteiger partial charge in [-0.2, -0.15) is 0 Å². The van der Waals surface area contributed by atoms with Crippen LogP contribution in [0.15, 0.2) is 53.7 Å². The molecule has 3 heterocycles. The summed E-state index contributed by atoms with van der Waals surface area (Å²) in [7, 11) is 0. The Hall–Kier alpha value is -3.57. The van der Waals surface area contributed by atoms with Crippen LogP contribution in [-0.4, -0.2) is 44.0 Å². The van der Waals surface area contributed by atoms with Crippen LogP contribution in [0.25, 0.3) is 0 Å². The normalized spacial score (nSPS) is 19.6. The lowest BCUT2D eigenvalue weighted by Gasteiger charge is -2.25. The van der Waals surface area contributed by atoms with Crippen molar-refractivity contribution in [3.63, 3.8) is 0 Å². The van der Waals surface area contributed by atoms with Gasteiger partial charge < -0.3 is 19.7 Å². The zero-order chi connectivity index (χ0) is 26.3. The Morgan fingerprint density at radius 3 is 2.46 bits per heavy atom. The van der Waals surface area contributed by atoms with Crippen molar-refractivity contribution in [2.24, 2.45) is 0 Å². The molecule has 1 fully saturated rings. The summed E-state index contributed by atoms with van der Waals surface area (Å²) in [6.07, 6.45) is 6.05. The lowest BCUT2D eigenvalue weighted by Crippen LogP contribution is -2.35. The summed E-state index contributed by atoms with van der Waals surface area (Å²) in [5.41, 5.74) is 2.34. The van der Waals surface area contributed by atoms with Gasteiger partial charge in [0.05, 0.1) is 24.1 Å². The zero-order valence-electron chi connectivity index (χ0n) is 20.3. The Balaban J connectivity index is 1.34. The van der Waals surface area contributed by atoms with E-state index in [1.165, 1.54) is 36.4 Å². The summed E-state index contributed by atoms with van der Waals surface area (Å²) in [6.45, 7) is 2.28. The molecule has 11 heteroatoms. The van der Waals surface area contributed by atoms with E-state index >= 15 is 0 Å². The van der Waals surface area contributed by atoms with E-state index in [9.17, 15) is 22.9 Å². The summed E-state index contributed by atoms with van der Waals surface area (Å²) < 4.78 is 39.4. The van der Waals surface area contributed by atoms with E-state index in [-0.39, 0.29) is 18.5 Å². The van der Waals surface area contributed by atoms with Gasteiger partial charge in [-0.3, -0.25) is 9.59 Å². The molecule has 1 N–H and O–H groups in total. The van der Waals surface area contributed by atoms with Gasteiger partial charge in [-0.15, -0.1) is 0 Å². The second-order valence-corrected chi connectivity index (χ2v) is 10.6. The number of rotatable bonds is 5. The van der Waals surface area contributed by atoms with Crippen LogP contribution in [0.2, 0.25) is 0 Å². The molecule has 3 aromatic rings. The Morgan fingerprint density at radius 1 is 1.11 bits per heavy atom. The van der Waals surface area contributed by atoms with Gasteiger partial charge in [0, 0.05) is 26.1 Å². The Kier molecular flexibility index (Phi) is 6.82. The molecule has 3 atom stereocenters. The standard InChI is InChI=1S/C26H25F2N5O3S/c1-15(34)33-14-17-10-21(37(2)36)5-6-22(17)24(33)25(35)31-20-12-29-26(30-13-20)32-7-3-4-23(32)16-8-18(27)11-19(28)9-16/h5-6,8-13,23-24H,3-4,7,14H2,1-2H3,(H,31,35). The molecule has 1 aromatic heterocycles. The number of nitrogens with one attached hydrogen (secondary N) is 1. The fourth-order valence-corrected chi connectivity index (χ4v) is 5.62. The second-order valence-electron chi connectivity index (χ2n) is 9.18. The van der Waals surface area contributed by atoms with Crippen LogP contribution < -0.4 is 10.2 Å². The van der Waals surface area contributed by atoms with Crippen molar-refractivity contribution in [3.8, 4) is 0 Å². The highest BCUT2D eigenvalue weighted by Gasteiger charge is 2.38. The predicted octanol–water partition coefficient (Wildman–Crippen LogP) is 3.88. The summed E-state index contributed by atoms with van der Waals surface area (Å²) in [5, 5.41) is 2.79. The number of anilines is 2. The van der Waals surface area contributed by atoms with Gasteiger partial charge >= 0.3 is 0 Å². The maximum atomic E-state index is 13.8. The first-order chi connectivity index (χ1) is 17.7. The molecule has 2 aromatic carbocycles. The fourth-order valence-electron chi connectivity index (χ4n) is 5.05. The SMILES string of the molecule is CC(=O)N1Cc2cc([S+](C)[O-])ccc2C1C(=O)Nc1cnc(N2CCCC2c2cc(F)cc(F)c2)nc1. The van der Waals surface area contributed by atoms with Crippen molar-refractivity contribution in [1.82, 2.24) is 14.9 Å². The van der Waals surface area contributed by atoms with E-state index in [1.807, 2.05) is 4.90 Å². The van der Waals surface area contributed by atoms with E-state index in [4.69, 9.17) is 0 Å². The molecule has 2 aliphatic heterocycles. The minimum absolute atomic E-state index is 0.250. The van der Waals surface area contributed by atoms with Crippen molar-refractivity contribution >= 4 is 34.6 Å². The lowest BCUT2D eigenvalue weighted by atomic mass is 10.0. The van der Waals surface area contributed by atoms with Gasteiger partial charge in [-0.05, 0) is 65.0 Å². The number of carbonyl (C=O) groups excluding carboxylic acids is 2. The first-order valence-electron chi connectivity index (χ1n) is 11.8. The van der Waals surface area contributed by atoms with Crippen LogP contribution in [-0.2, 0) is 27.3 Å². The molecule has 0 bridgehead atoms. The number of hydrogen-bond donors (Lipinski definition) is 1. The third-order valence-electron chi connectivity index (χ3n) is 6.73. The summed E-state index contributed by atoms with van der Waals surface area (Å²) >= 11 is -1.18. The number of aromatic nitrogens is 2. The largest absolute Gasteiger partial charge is 0.612 e. The average molecular weight is 526 g/mol. The fraction of sp³-hybridized carbons (Fsp3) is 0.308. The van der Waals surface area contributed by atoms with Crippen LogP contribution in [0.3, 0.4) is 0 Å². The summed E-state index contributed by atoms with van der Waals surface area (Å²) in [4.78, 5) is 38.3. The molecule has 2 amide bonds. The molecule has 3 unspecified atom stereocenters. The molecule has 1 saturated heterocycles. The van der Waals surface area contributed by atoms with Crippen molar-refractivity contribution in [2.45, 2.75) is 43.3 Å². The number of fused-ring (bicyclic) bond motifs is 1. The average Bonchev–Trinajstić information content (AvgIpc) is 3.49. The van der Waals surface area contributed by atoms with Crippen molar-refractivity contribution < 1.29 is 22.9 Å². The minimum atomic E-state index is -1.18. The van der Waals surface area contributed by atoms with E-state index in [1.54, 1.807) is 24.5 Å². The molecule has 0 radical (unpaired) electrons. The highest BCUT2D eigenvalue weighted by atomic mass is 32.2. The molecule has 37 heavy (non-hydrogen) atoms. The van der Waals surface area contributed by atoms with Crippen molar-refractivity contribution in [1.29, 1.82) is 0 Å². The molecule has 2 aliphatic rings. The molecule has 0 spiro atoms. The number of benzene rings is 2. The lowest BCUT2D eigenvalue weighted by molar-refractivity contribution is -0.136. The Morgan fingerprint density at radius 2 is 1.81 bits per heavy atom. The molecular weight excluding hydrogens is 500 g/mol. The van der Waals surface area contributed by atoms with E-state index < -0.39 is 34.8 Å². The van der Waals surface area contributed by atoms with E-state index in [2.05, 4.69) is 15.3 Å². The Labute approximate surface area is 215 Å². The zero-order valence-corrected chi connectivity index (χ0v) is 21.1. The third-order valence-corrected chi connectivity index (χ3v) is 7.65. The maximum Gasteiger partial charge on any atom is 0.251 e. The Bertz CT molecular complexity index is 1330. The van der Waals surface area contributed by atoms with Crippen LogP contribution in [0.4, 0.5) is 20.4 Å². The number of amides is 2. The van der Waals surface area contributed by atoms with Gasteiger partial charge in [-0.25, -0.2) is 18.7 Å². The van der Waals surface area contributed by atoms with Gasteiger partial charge in [0.15, 0.2) is 4.90 Å². The number of carbonyl (C=O) groups is 2. The molecular formula is C26H25F2N5O3S. The van der Waals surface area contributed by atoms with Crippen LogP contribution in [0.5, 0.6) is 0 Å². The first kappa shape index (κ1) is 25.1. The van der Waals surface area contributed by atoms with Gasteiger partial charge in [0.1, 0.15) is 23.9 Å². The van der Waals surface area contributed by atoms with Crippen LogP contribution >= 0.6 is 0 Å². The van der Waals surface area contributed by atoms with Crippen molar-refractivity contribution in [2.75, 3.05) is 23.0 Å². The monoisotopic (exact) mass is 525 g/mol. The molecule has 5 rings (SSSR count). The smallest absolute Gasteiger partial charge is 0.251 e. The van der Waals surface area contributed by atoms with Crippen LogP contribution in [0, 0.1) is 11.6 Å². The topological polar surface area (TPSA) is 101 Å². The predicted molar refractivity (Wildman–Crippen MR) is 134 cm³/mol. The number of nitrogens with zero attached hydrogens (tertiary/aromatic N) is 4. The quantitative estimate of drug-likeness (QED) is 0.508. The van der Waals surface area contributed by atoms with E-state index in [0.717, 1.165) is 18.1 Å².